The second kappa shape index (κ2) is 5.77. The predicted octanol–water partition coefficient (Wildman–Crippen LogP) is 1.01. The minimum Gasteiger partial charge on any atom is -0.352 e. The molecule has 92 valence electrons. The number of nitrogens with two attached hydrogens (primary N) is 1. The van der Waals surface area contributed by atoms with Crippen molar-refractivity contribution in [1.29, 1.82) is 0 Å². The Morgan fingerprint density at radius 2 is 2.06 bits per heavy atom. The Hall–Kier alpha value is -1.42. The van der Waals surface area contributed by atoms with Gasteiger partial charge < -0.3 is 11.1 Å². The van der Waals surface area contributed by atoms with Gasteiger partial charge in [-0.15, -0.1) is 0 Å². The van der Waals surface area contributed by atoms with Crippen molar-refractivity contribution in [3.63, 3.8) is 0 Å². The highest BCUT2D eigenvalue weighted by atomic mass is 16.1. The zero-order valence-corrected chi connectivity index (χ0v) is 9.93. The summed E-state index contributed by atoms with van der Waals surface area (Å²) in [6.07, 6.45) is 8.17. The number of nitrogens with one attached hydrogen (secondary N) is 1. The normalized spacial score (nSPS) is 24.3. The minimum absolute atomic E-state index is 0.0542. The van der Waals surface area contributed by atoms with Crippen LogP contribution in [0.25, 0.3) is 0 Å². The van der Waals surface area contributed by atoms with Crippen molar-refractivity contribution in [1.82, 2.24) is 10.3 Å². The van der Waals surface area contributed by atoms with Crippen LogP contribution in [0.3, 0.4) is 0 Å². The van der Waals surface area contributed by atoms with Crippen LogP contribution in [-0.2, 0) is 11.2 Å². The molecule has 1 saturated carbocycles. The van der Waals surface area contributed by atoms with Crippen LogP contribution < -0.4 is 11.1 Å². The van der Waals surface area contributed by atoms with Gasteiger partial charge >= 0.3 is 0 Å². The topological polar surface area (TPSA) is 68.0 Å². The van der Waals surface area contributed by atoms with Gasteiger partial charge in [0.15, 0.2) is 0 Å². The molecule has 0 radical (unpaired) electrons. The molecule has 1 fully saturated rings. The monoisotopic (exact) mass is 233 g/mol. The van der Waals surface area contributed by atoms with Crippen molar-refractivity contribution >= 4 is 5.91 Å². The second-order valence-electron chi connectivity index (χ2n) is 4.65. The van der Waals surface area contributed by atoms with Gasteiger partial charge in [-0.05, 0) is 30.5 Å². The average molecular weight is 233 g/mol. The number of aromatic nitrogens is 1. The first-order chi connectivity index (χ1) is 8.25. The lowest BCUT2D eigenvalue weighted by molar-refractivity contribution is -0.121. The van der Waals surface area contributed by atoms with E-state index in [0.29, 0.717) is 6.42 Å². The SMILES string of the molecule is N[C@@H]1CCCC[C@H]1NC(=O)Cc1ccncc1. The zero-order valence-electron chi connectivity index (χ0n) is 9.93. The predicted molar refractivity (Wildman–Crippen MR) is 66.3 cm³/mol. The lowest BCUT2D eigenvalue weighted by atomic mass is 9.91. The summed E-state index contributed by atoms with van der Waals surface area (Å²) in [7, 11) is 0. The van der Waals surface area contributed by atoms with Crippen LogP contribution in [0.5, 0.6) is 0 Å². The fourth-order valence-electron chi connectivity index (χ4n) is 2.28. The first-order valence-electron chi connectivity index (χ1n) is 6.19. The smallest absolute Gasteiger partial charge is 0.224 e. The molecule has 3 N–H and O–H groups in total. The van der Waals surface area contributed by atoms with Crippen LogP contribution >= 0.6 is 0 Å². The lowest BCUT2D eigenvalue weighted by Gasteiger charge is -2.29. The highest BCUT2D eigenvalue weighted by Gasteiger charge is 2.22. The number of nitrogens with zero attached hydrogens (tertiary/aromatic N) is 1. The van der Waals surface area contributed by atoms with E-state index in [2.05, 4.69) is 10.3 Å². The molecular formula is C13H19N3O. The third-order valence-corrected chi connectivity index (χ3v) is 3.28. The maximum Gasteiger partial charge on any atom is 0.224 e. The van der Waals surface area contributed by atoms with Crippen molar-refractivity contribution in [2.45, 2.75) is 44.2 Å². The molecular weight excluding hydrogens is 214 g/mol. The molecule has 1 amide bonds. The summed E-state index contributed by atoms with van der Waals surface area (Å²) in [4.78, 5) is 15.8. The number of rotatable bonds is 3. The van der Waals surface area contributed by atoms with Crippen molar-refractivity contribution in [3.8, 4) is 0 Å². The Balaban J connectivity index is 1.84. The molecule has 2 rings (SSSR count). The largest absolute Gasteiger partial charge is 0.352 e. The molecule has 0 spiro atoms. The van der Waals surface area contributed by atoms with E-state index in [0.717, 1.165) is 24.8 Å². The summed E-state index contributed by atoms with van der Waals surface area (Å²) < 4.78 is 0. The quantitative estimate of drug-likeness (QED) is 0.818. The number of pyridine rings is 1. The third-order valence-electron chi connectivity index (χ3n) is 3.28. The van der Waals surface area contributed by atoms with Gasteiger partial charge in [-0.1, -0.05) is 12.8 Å². The maximum atomic E-state index is 11.8. The van der Waals surface area contributed by atoms with Crippen LogP contribution in [0.15, 0.2) is 24.5 Å². The third kappa shape index (κ3) is 3.53. The summed E-state index contributed by atoms with van der Waals surface area (Å²) in [5.41, 5.74) is 6.98. The molecule has 2 atom stereocenters. The van der Waals surface area contributed by atoms with Crippen molar-refractivity contribution in [3.05, 3.63) is 30.1 Å². The van der Waals surface area contributed by atoms with Crippen LogP contribution in [0, 0.1) is 0 Å². The Morgan fingerprint density at radius 3 is 2.76 bits per heavy atom. The molecule has 0 unspecified atom stereocenters. The van der Waals surface area contributed by atoms with Crippen LogP contribution in [0.1, 0.15) is 31.2 Å². The second-order valence-corrected chi connectivity index (χ2v) is 4.65. The number of carbonyl (C=O) groups excluding carboxylic acids is 1. The molecule has 0 saturated heterocycles. The molecule has 4 heteroatoms. The molecule has 0 aromatic carbocycles. The lowest BCUT2D eigenvalue weighted by Crippen LogP contribution is -2.49. The Morgan fingerprint density at radius 1 is 1.35 bits per heavy atom. The molecule has 1 heterocycles. The standard InChI is InChI=1S/C13H19N3O/c14-11-3-1-2-4-12(11)16-13(17)9-10-5-7-15-8-6-10/h5-8,11-12H,1-4,9,14H2,(H,16,17)/t11-,12-/m1/s1. The average Bonchev–Trinajstić information content (AvgIpc) is 2.33. The first kappa shape index (κ1) is 12.0. The van der Waals surface area contributed by atoms with Gasteiger partial charge in [-0.25, -0.2) is 0 Å². The minimum atomic E-state index is 0.0542. The van der Waals surface area contributed by atoms with E-state index in [1.165, 1.54) is 6.42 Å². The molecule has 0 bridgehead atoms. The Labute approximate surface area is 102 Å². The number of hydrogen-bond acceptors (Lipinski definition) is 3. The number of hydrogen-bond donors (Lipinski definition) is 2. The Bertz CT molecular complexity index is 366. The molecule has 4 nitrogen and oxygen atoms in total. The number of amides is 1. The fourth-order valence-corrected chi connectivity index (χ4v) is 2.28. The summed E-state index contributed by atoms with van der Waals surface area (Å²) in [5.74, 6) is 0.0542. The number of carbonyl (C=O) groups is 1. The van der Waals surface area contributed by atoms with E-state index >= 15 is 0 Å². The molecule has 1 aliphatic carbocycles. The van der Waals surface area contributed by atoms with Gasteiger partial charge in [0, 0.05) is 24.5 Å². The zero-order chi connectivity index (χ0) is 12.1. The van der Waals surface area contributed by atoms with Crippen molar-refractivity contribution in [2.75, 3.05) is 0 Å². The summed E-state index contributed by atoms with van der Waals surface area (Å²) in [5, 5.41) is 3.03. The first-order valence-corrected chi connectivity index (χ1v) is 6.19. The highest BCUT2D eigenvalue weighted by Crippen LogP contribution is 2.16. The molecule has 17 heavy (non-hydrogen) atoms. The summed E-state index contributed by atoms with van der Waals surface area (Å²) in [6.45, 7) is 0. The van der Waals surface area contributed by atoms with E-state index < -0.39 is 0 Å². The summed E-state index contributed by atoms with van der Waals surface area (Å²) >= 11 is 0. The summed E-state index contributed by atoms with van der Waals surface area (Å²) in [6, 6.07) is 3.99. The van der Waals surface area contributed by atoms with Crippen LogP contribution in [0.4, 0.5) is 0 Å². The van der Waals surface area contributed by atoms with Crippen LogP contribution in [0.2, 0.25) is 0 Å². The van der Waals surface area contributed by atoms with Gasteiger partial charge in [0.2, 0.25) is 5.91 Å². The van der Waals surface area contributed by atoms with E-state index in [1.54, 1.807) is 12.4 Å². The van der Waals surface area contributed by atoms with Crippen LogP contribution in [-0.4, -0.2) is 23.0 Å². The van der Waals surface area contributed by atoms with E-state index in [4.69, 9.17) is 5.73 Å². The van der Waals surface area contributed by atoms with Gasteiger partial charge in [-0.3, -0.25) is 9.78 Å². The Kier molecular flexibility index (Phi) is 4.09. The molecule has 1 aliphatic rings. The van der Waals surface area contributed by atoms with Gasteiger partial charge in [0.1, 0.15) is 0 Å². The van der Waals surface area contributed by atoms with E-state index in [-0.39, 0.29) is 18.0 Å². The van der Waals surface area contributed by atoms with Crippen molar-refractivity contribution < 1.29 is 4.79 Å². The highest BCUT2D eigenvalue weighted by molar-refractivity contribution is 5.78. The van der Waals surface area contributed by atoms with Gasteiger partial charge in [-0.2, -0.15) is 0 Å². The van der Waals surface area contributed by atoms with Gasteiger partial charge in [0.05, 0.1) is 6.42 Å². The van der Waals surface area contributed by atoms with Gasteiger partial charge in [0.25, 0.3) is 0 Å². The molecule has 1 aromatic heterocycles. The molecule has 1 aromatic rings. The molecule has 0 aliphatic heterocycles. The van der Waals surface area contributed by atoms with E-state index in [1.807, 2.05) is 12.1 Å². The fraction of sp³-hybridized carbons (Fsp3) is 0.538. The maximum absolute atomic E-state index is 11.8. The van der Waals surface area contributed by atoms with E-state index in [9.17, 15) is 4.79 Å². The van der Waals surface area contributed by atoms with Crippen molar-refractivity contribution in [2.24, 2.45) is 5.73 Å².